The molecular formula is C22H19N3O2S2. The van der Waals surface area contributed by atoms with E-state index in [1.165, 1.54) is 27.7 Å². The first-order valence-corrected chi connectivity index (χ1v) is 10.9. The van der Waals surface area contributed by atoms with Crippen LogP contribution in [0.4, 0.5) is 5.13 Å². The van der Waals surface area contributed by atoms with Gasteiger partial charge in [-0.1, -0.05) is 83.3 Å². The molecule has 146 valence electrons. The van der Waals surface area contributed by atoms with Crippen molar-refractivity contribution in [1.29, 1.82) is 0 Å². The third kappa shape index (κ3) is 5.13. The van der Waals surface area contributed by atoms with Crippen molar-refractivity contribution in [2.45, 2.75) is 17.0 Å². The predicted octanol–water partition coefficient (Wildman–Crippen LogP) is 5.31. The van der Waals surface area contributed by atoms with Crippen molar-refractivity contribution in [3.63, 3.8) is 0 Å². The Morgan fingerprint density at radius 2 is 1.83 bits per heavy atom. The molecule has 0 radical (unpaired) electrons. The summed E-state index contributed by atoms with van der Waals surface area (Å²) in [6, 6.07) is 22.2. The fourth-order valence-corrected chi connectivity index (χ4v) is 4.59. The molecular weight excluding hydrogens is 402 g/mol. The lowest BCUT2D eigenvalue weighted by atomic mass is 10.1. The molecule has 5 nitrogen and oxygen atoms in total. The minimum absolute atomic E-state index is 0.0683. The number of ether oxygens (including phenoxy) is 1. The van der Waals surface area contributed by atoms with E-state index in [4.69, 9.17) is 4.74 Å². The average molecular weight is 422 g/mol. The minimum atomic E-state index is -0.257. The molecule has 0 atom stereocenters. The van der Waals surface area contributed by atoms with E-state index in [1.807, 2.05) is 43.3 Å². The van der Waals surface area contributed by atoms with Crippen LogP contribution in [0.25, 0.3) is 10.8 Å². The highest BCUT2D eigenvalue weighted by molar-refractivity contribution is 8.00. The summed E-state index contributed by atoms with van der Waals surface area (Å²) in [6.45, 7) is 1.93. The Morgan fingerprint density at radius 1 is 1.03 bits per heavy atom. The van der Waals surface area contributed by atoms with Crippen molar-refractivity contribution in [3.05, 3.63) is 77.9 Å². The number of fused-ring (bicyclic) bond motifs is 1. The van der Waals surface area contributed by atoms with Crippen LogP contribution in [0.15, 0.2) is 71.1 Å². The first-order chi connectivity index (χ1) is 14.2. The Kier molecular flexibility index (Phi) is 6.07. The third-order valence-corrected chi connectivity index (χ3v) is 6.30. The molecule has 4 aromatic rings. The number of carbonyl (C=O) groups is 1. The Balaban J connectivity index is 1.31. The largest absolute Gasteiger partial charge is 0.484 e. The van der Waals surface area contributed by atoms with Gasteiger partial charge < -0.3 is 4.74 Å². The second kappa shape index (κ2) is 9.07. The zero-order valence-corrected chi connectivity index (χ0v) is 17.4. The molecule has 3 aromatic carbocycles. The smallest absolute Gasteiger partial charge is 0.264 e. The summed E-state index contributed by atoms with van der Waals surface area (Å²) in [5, 5.41) is 13.9. The Hall–Kier alpha value is -2.90. The number of nitrogens with zero attached hydrogens (tertiary/aromatic N) is 2. The summed E-state index contributed by atoms with van der Waals surface area (Å²) in [4.78, 5) is 12.1. The second-order valence-electron chi connectivity index (χ2n) is 6.45. The summed E-state index contributed by atoms with van der Waals surface area (Å²) < 4.78 is 6.30. The molecule has 0 aliphatic carbocycles. The topological polar surface area (TPSA) is 64.1 Å². The second-order valence-corrected chi connectivity index (χ2v) is 8.65. The van der Waals surface area contributed by atoms with Crippen LogP contribution in [0.3, 0.4) is 0 Å². The van der Waals surface area contributed by atoms with Crippen LogP contribution in [0.5, 0.6) is 5.75 Å². The average Bonchev–Trinajstić information content (AvgIpc) is 3.19. The number of aryl methyl sites for hydroxylation is 1. The van der Waals surface area contributed by atoms with Crippen LogP contribution in [0, 0.1) is 6.92 Å². The molecule has 7 heteroatoms. The number of benzene rings is 3. The molecule has 0 saturated carbocycles. The highest BCUT2D eigenvalue weighted by atomic mass is 32.2. The number of amides is 1. The molecule has 0 bridgehead atoms. The summed E-state index contributed by atoms with van der Waals surface area (Å²) in [6.07, 6.45) is 0. The van der Waals surface area contributed by atoms with Gasteiger partial charge in [0.25, 0.3) is 5.91 Å². The highest BCUT2D eigenvalue weighted by Crippen LogP contribution is 2.30. The number of carbonyl (C=O) groups excluding carboxylic acids is 1. The van der Waals surface area contributed by atoms with Crippen LogP contribution in [0.1, 0.15) is 11.1 Å². The lowest BCUT2D eigenvalue weighted by Gasteiger charge is -2.05. The molecule has 0 fully saturated rings. The Labute approximate surface area is 177 Å². The van der Waals surface area contributed by atoms with Gasteiger partial charge >= 0.3 is 0 Å². The van der Waals surface area contributed by atoms with Gasteiger partial charge in [-0.2, -0.15) is 0 Å². The lowest BCUT2D eigenvalue weighted by Crippen LogP contribution is -2.20. The van der Waals surface area contributed by atoms with Gasteiger partial charge in [0.05, 0.1) is 0 Å². The van der Waals surface area contributed by atoms with E-state index in [-0.39, 0.29) is 12.5 Å². The highest BCUT2D eigenvalue weighted by Gasteiger charge is 2.10. The quantitative estimate of drug-likeness (QED) is 0.324. The standard InChI is InChI=1S/C22H19N3O2S2/c1-15-9-11-18(12-10-15)27-13-20(26)23-21-24-25-22(29-21)28-14-17-7-4-6-16-5-2-3-8-19(16)17/h2-12H,13-14H2,1H3,(H,23,24,26). The first kappa shape index (κ1) is 19.4. The van der Waals surface area contributed by atoms with E-state index in [9.17, 15) is 4.79 Å². The van der Waals surface area contributed by atoms with E-state index >= 15 is 0 Å². The van der Waals surface area contributed by atoms with Gasteiger partial charge in [0.2, 0.25) is 5.13 Å². The van der Waals surface area contributed by atoms with Gasteiger partial charge in [0.1, 0.15) is 5.75 Å². The number of aromatic nitrogens is 2. The molecule has 1 heterocycles. The van der Waals surface area contributed by atoms with E-state index in [0.29, 0.717) is 10.9 Å². The maximum absolute atomic E-state index is 12.1. The molecule has 0 saturated heterocycles. The maximum Gasteiger partial charge on any atom is 0.264 e. The normalized spacial score (nSPS) is 10.8. The fraction of sp³-hybridized carbons (Fsp3) is 0.136. The van der Waals surface area contributed by atoms with Crippen molar-refractivity contribution in [2.75, 3.05) is 11.9 Å². The first-order valence-electron chi connectivity index (χ1n) is 9.10. The maximum atomic E-state index is 12.1. The number of rotatable bonds is 7. The SMILES string of the molecule is Cc1ccc(OCC(=O)Nc2nnc(SCc3cccc4ccccc34)s2)cc1. The molecule has 0 aliphatic rings. The van der Waals surface area contributed by atoms with Gasteiger partial charge in [-0.05, 0) is 35.4 Å². The number of nitrogens with one attached hydrogen (secondary N) is 1. The van der Waals surface area contributed by atoms with Crippen molar-refractivity contribution in [3.8, 4) is 5.75 Å². The van der Waals surface area contributed by atoms with Crippen molar-refractivity contribution < 1.29 is 9.53 Å². The summed E-state index contributed by atoms with van der Waals surface area (Å²) >= 11 is 2.97. The van der Waals surface area contributed by atoms with Crippen molar-refractivity contribution >= 4 is 44.9 Å². The number of anilines is 1. The number of hydrogen-bond donors (Lipinski definition) is 1. The van der Waals surface area contributed by atoms with E-state index in [0.717, 1.165) is 15.7 Å². The zero-order chi connectivity index (χ0) is 20.1. The fourth-order valence-electron chi connectivity index (χ4n) is 2.82. The lowest BCUT2D eigenvalue weighted by molar-refractivity contribution is -0.118. The molecule has 0 spiro atoms. The van der Waals surface area contributed by atoms with Crippen LogP contribution < -0.4 is 10.1 Å². The van der Waals surface area contributed by atoms with Crippen LogP contribution >= 0.6 is 23.1 Å². The number of thioether (sulfide) groups is 1. The van der Waals surface area contributed by atoms with E-state index in [1.54, 1.807) is 11.8 Å². The van der Waals surface area contributed by atoms with Crippen LogP contribution in [-0.4, -0.2) is 22.7 Å². The Morgan fingerprint density at radius 3 is 2.69 bits per heavy atom. The molecule has 29 heavy (non-hydrogen) atoms. The third-order valence-electron chi connectivity index (χ3n) is 4.27. The number of hydrogen-bond acceptors (Lipinski definition) is 6. The minimum Gasteiger partial charge on any atom is -0.484 e. The van der Waals surface area contributed by atoms with Gasteiger partial charge in [0.15, 0.2) is 10.9 Å². The van der Waals surface area contributed by atoms with Gasteiger partial charge in [-0.25, -0.2) is 0 Å². The summed E-state index contributed by atoms with van der Waals surface area (Å²) in [7, 11) is 0. The Bertz CT molecular complexity index is 1120. The summed E-state index contributed by atoms with van der Waals surface area (Å²) in [5.41, 5.74) is 2.39. The molecule has 4 rings (SSSR count). The van der Waals surface area contributed by atoms with Crippen LogP contribution in [0.2, 0.25) is 0 Å². The molecule has 1 N–H and O–H groups in total. The van der Waals surface area contributed by atoms with Crippen LogP contribution in [-0.2, 0) is 10.5 Å². The monoisotopic (exact) mass is 421 g/mol. The molecule has 0 unspecified atom stereocenters. The van der Waals surface area contributed by atoms with Gasteiger partial charge in [0, 0.05) is 5.75 Å². The molecule has 1 aromatic heterocycles. The predicted molar refractivity (Wildman–Crippen MR) is 119 cm³/mol. The van der Waals surface area contributed by atoms with E-state index in [2.05, 4.69) is 45.8 Å². The zero-order valence-electron chi connectivity index (χ0n) is 15.8. The van der Waals surface area contributed by atoms with Crippen molar-refractivity contribution in [2.24, 2.45) is 0 Å². The summed E-state index contributed by atoms with van der Waals surface area (Å²) in [5.74, 6) is 1.20. The van der Waals surface area contributed by atoms with Gasteiger partial charge in [-0.3, -0.25) is 10.1 Å². The molecule has 0 aliphatic heterocycles. The molecule has 1 amide bonds. The van der Waals surface area contributed by atoms with Crippen molar-refractivity contribution in [1.82, 2.24) is 10.2 Å². The van der Waals surface area contributed by atoms with E-state index < -0.39 is 0 Å². The van der Waals surface area contributed by atoms with Gasteiger partial charge in [-0.15, -0.1) is 10.2 Å².